The predicted molar refractivity (Wildman–Crippen MR) is 235 cm³/mol. The van der Waals surface area contributed by atoms with Crippen LogP contribution in [0.2, 0.25) is 0 Å². The van der Waals surface area contributed by atoms with Crippen LogP contribution >= 0.6 is 0 Å². The summed E-state index contributed by atoms with van der Waals surface area (Å²) in [4.78, 5) is 14.8. The van der Waals surface area contributed by atoms with Crippen molar-refractivity contribution < 1.29 is 0 Å². The standard InChI is InChI=1S/C52H32N6/c53-33-37-31-36(52-55-50(34-17-5-1-6-18-34)54-51(56-52)35-19-7-2-8-20-35)29-30-40(37)43-32-44-41-25-13-15-27-45(41)57(38-21-9-3-10-22-38)49(44)47-42-26-14-16-28-46(42)58(48(43)47)39-23-11-4-12-24-39/h1-32H. The van der Waals surface area contributed by atoms with Gasteiger partial charge in [0.25, 0.3) is 0 Å². The van der Waals surface area contributed by atoms with E-state index in [2.05, 4.69) is 130 Å². The second-order valence-corrected chi connectivity index (χ2v) is 14.3. The topological polar surface area (TPSA) is 72.3 Å². The lowest BCUT2D eigenvalue weighted by atomic mass is 9.93. The summed E-state index contributed by atoms with van der Waals surface area (Å²) < 4.78 is 4.74. The molecule has 0 aliphatic carbocycles. The molecule has 0 fully saturated rings. The summed E-state index contributed by atoms with van der Waals surface area (Å²) in [6, 6.07) is 69.1. The normalized spacial score (nSPS) is 11.4. The van der Waals surface area contributed by atoms with Crippen molar-refractivity contribution in [2.45, 2.75) is 0 Å². The maximum atomic E-state index is 11.0. The van der Waals surface area contributed by atoms with Gasteiger partial charge < -0.3 is 9.13 Å². The zero-order chi connectivity index (χ0) is 38.6. The van der Waals surface area contributed by atoms with E-state index < -0.39 is 0 Å². The first-order valence-corrected chi connectivity index (χ1v) is 19.3. The Balaban J connectivity index is 1.23. The lowest BCUT2D eigenvalue weighted by molar-refractivity contribution is 1.07. The zero-order valence-corrected chi connectivity index (χ0v) is 31.2. The molecular weight excluding hydrogens is 709 g/mol. The second kappa shape index (κ2) is 13.6. The van der Waals surface area contributed by atoms with Gasteiger partial charge in [-0.3, -0.25) is 0 Å². The number of nitriles is 1. The lowest BCUT2D eigenvalue weighted by Gasteiger charge is -2.15. The summed E-state index contributed by atoms with van der Waals surface area (Å²) in [6.07, 6.45) is 0. The van der Waals surface area contributed by atoms with E-state index in [1.807, 2.05) is 78.9 Å². The number of hydrogen-bond donors (Lipinski definition) is 0. The number of hydrogen-bond acceptors (Lipinski definition) is 4. The van der Waals surface area contributed by atoms with Crippen LogP contribution in [0.1, 0.15) is 5.56 Å². The van der Waals surface area contributed by atoms with Gasteiger partial charge in [-0.25, -0.2) is 15.0 Å². The van der Waals surface area contributed by atoms with Crippen LogP contribution in [0.25, 0.3) is 100 Å². The van der Waals surface area contributed by atoms with Gasteiger partial charge in [-0.1, -0.05) is 146 Å². The van der Waals surface area contributed by atoms with Crippen LogP contribution in [0.5, 0.6) is 0 Å². The van der Waals surface area contributed by atoms with E-state index in [9.17, 15) is 5.26 Å². The maximum Gasteiger partial charge on any atom is 0.164 e. The van der Waals surface area contributed by atoms with E-state index in [0.29, 0.717) is 23.0 Å². The summed E-state index contributed by atoms with van der Waals surface area (Å²) in [5, 5.41) is 15.6. The van der Waals surface area contributed by atoms with Crippen molar-refractivity contribution in [3.05, 3.63) is 200 Å². The largest absolute Gasteiger partial charge is 0.309 e. The molecule has 0 N–H and O–H groups in total. The van der Waals surface area contributed by atoms with E-state index in [-0.39, 0.29) is 0 Å². The molecule has 270 valence electrons. The average molecular weight is 741 g/mol. The molecule has 3 heterocycles. The van der Waals surface area contributed by atoms with Gasteiger partial charge in [0.15, 0.2) is 17.5 Å². The summed E-state index contributed by atoms with van der Waals surface area (Å²) in [5.41, 5.74) is 11.3. The molecule has 0 saturated heterocycles. The number of nitrogens with zero attached hydrogens (tertiary/aromatic N) is 6. The van der Waals surface area contributed by atoms with Gasteiger partial charge in [0.1, 0.15) is 0 Å². The molecule has 11 aromatic rings. The van der Waals surface area contributed by atoms with Crippen LogP contribution < -0.4 is 0 Å². The third-order valence-corrected chi connectivity index (χ3v) is 11.0. The van der Waals surface area contributed by atoms with Crippen molar-refractivity contribution in [1.82, 2.24) is 24.1 Å². The maximum absolute atomic E-state index is 11.0. The number of benzene rings is 8. The molecule has 6 nitrogen and oxygen atoms in total. The van der Waals surface area contributed by atoms with Gasteiger partial charge in [-0.05, 0) is 48.5 Å². The third kappa shape index (κ3) is 5.30. The first-order valence-electron chi connectivity index (χ1n) is 19.3. The molecule has 0 aliphatic heterocycles. The SMILES string of the molecule is N#Cc1cc(-c2nc(-c3ccccc3)nc(-c3ccccc3)n2)ccc1-c1cc2c3ccccc3n(-c3ccccc3)c2c2c3ccccc3n(-c3ccccc3)c12. The molecule has 0 atom stereocenters. The fourth-order valence-corrected chi connectivity index (χ4v) is 8.45. The monoisotopic (exact) mass is 740 g/mol. The molecule has 0 radical (unpaired) electrons. The van der Waals surface area contributed by atoms with Crippen molar-refractivity contribution in [3.8, 4) is 62.7 Å². The summed E-state index contributed by atoms with van der Waals surface area (Å²) in [5.74, 6) is 1.64. The Labute approximate surface area is 334 Å². The highest BCUT2D eigenvalue weighted by atomic mass is 15.0. The molecule has 0 spiro atoms. The predicted octanol–water partition coefficient (Wildman–Crippen LogP) is 12.6. The van der Waals surface area contributed by atoms with Crippen molar-refractivity contribution >= 4 is 43.6 Å². The van der Waals surface area contributed by atoms with Crippen LogP contribution in [-0.2, 0) is 0 Å². The van der Waals surface area contributed by atoms with Crippen molar-refractivity contribution in [2.24, 2.45) is 0 Å². The molecule has 0 aliphatic rings. The lowest BCUT2D eigenvalue weighted by Crippen LogP contribution is -2.01. The average Bonchev–Trinajstić information content (AvgIpc) is 3.83. The van der Waals surface area contributed by atoms with Crippen LogP contribution in [0.15, 0.2) is 194 Å². The van der Waals surface area contributed by atoms with Gasteiger partial charge in [-0.2, -0.15) is 5.26 Å². The third-order valence-electron chi connectivity index (χ3n) is 11.0. The van der Waals surface area contributed by atoms with E-state index >= 15 is 0 Å². The highest BCUT2D eigenvalue weighted by Crippen LogP contribution is 2.47. The highest BCUT2D eigenvalue weighted by molar-refractivity contribution is 6.29. The van der Waals surface area contributed by atoms with E-state index in [4.69, 9.17) is 15.0 Å². The molecule has 11 rings (SSSR count). The smallest absolute Gasteiger partial charge is 0.164 e. The van der Waals surface area contributed by atoms with E-state index in [1.165, 1.54) is 0 Å². The van der Waals surface area contributed by atoms with Gasteiger partial charge >= 0.3 is 0 Å². The van der Waals surface area contributed by atoms with Crippen LogP contribution in [-0.4, -0.2) is 24.1 Å². The number of aromatic nitrogens is 5. The van der Waals surface area contributed by atoms with Gasteiger partial charge in [-0.15, -0.1) is 0 Å². The molecule has 58 heavy (non-hydrogen) atoms. The Hall–Kier alpha value is -8.14. The Bertz CT molecular complexity index is 3320. The number of para-hydroxylation sites is 4. The number of fused-ring (bicyclic) bond motifs is 7. The van der Waals surface area contributed by atoms with E-state index in [0.717, 1.165) is 82.8 Å². The Kier molecular flexibility index (Phi) is 7.76. The minimum absolute atomic E-state index is 0.501. The van der Waals surface area contributed by atoms with E-state index in [1.54, 1.807) is 0 Å². The van der Waals surface area contributed by atoms with Crippen molar-refractivity contribution in [3.63, 3.8) is 0 Å². The minimum Gasteiger partial charge on any atom is -0.309 e. The molecular formula is C52H32N6. The molecule has 0 saturated carbocycles. The molecule has 8 aromatic carbocycles. The fourth-order valence-electron chi connectivity index (χ4n) is 8.45. The molecule has 0 unspecified atom stereocenters. The Morgan fingerprint density at radius 3 is 1.41 bits per heavy atom. The summed E-state index contributed by atoms with van der Waals surface area (Å²) in [7, 11) is 0. The zero-order valence-electron chi connectivity index (χ0n) is 31.2. The van der Waals surface area contributed by atoms with Crippen molar-refractivity contribution in [2.75, 3.05) is 0 Å². The number of rotatable bonds is 6. The van der Waals surface area contributed by atoms with Crippen LogP contribution in [0.3, 0.4) is 0 Å². The van der Waals surface area contributed by atoms with Crippen molar-refractivity contribution in [1.29, 1.82) is 5.26 Å². The summed E-state index contributed by atoms with van der Waals surface area (Å²) >= 11 is 0. The van der Waals surface area contributed by atoms with Gasteiger partial charge in [0.2, 0.25) is 0 Å². The molecule has 0 amide bonds. The fraction of sp³-hybridized carbons (Fsp3) is 0. The van der Waals surface area contributed by atoms with Crippen LogP contribution in [0, 0.1) is 11.3 Å². The minimum atomic E-state index is 0.501. The van der Waals surface area contributed by atoms with Gasteiger partial charge in [0, 0.05) is 60.7 Å². The molecule has 6 heteroatoms. The van der Waals surface area contributed by atoms with Gasteiger partial charge in [0.05, 0.1) is 33.7 Å². The summed E-state index contributed by atoms with van der Waals surface area (Å²) in [6.45, 7) is 0. The Morgan fingerprint density at radius 1 is 0.379 bits per heavy atom. The highest BCUT2D eigenvalue weighted by Gasteiger charge is 2.25. The second-order valence-electron chi connectivity index (χ2n) is 14.3. The van der Waals surface area contributed by atoms with Crippen LogP contribution in [0.4, 0.5) is 0 Å². The molecule has 0 bridgehead atoms. The Morgan fingerprint density at radius 2 is 0.845 bits per heavy atom. The molecule has 3 aromatic heterocycles. The first-order chi connectivity index (χ1) is 28.7. The quantitative estimate of drug-likeness (QED) is 0.170. The first kappa shape index (κ1) is 33.2.